The Kier molecular flexibility index (Phi) is 6.01. The molecule has 0 saturated carbocycles. The van der Waals surface area contributed by atoms with Crippen LogP contribution >= 0.6 is 0 Å². The predicted octanol–water partition coefficient (Wildman–Crippen LogP) is 1.40. The summed E-state index contributed by atoms with van der Waals surface area (Å²) in [5, 5.41) is 11.4. The van der Waals surface area contributed by atoms with Crippen LogP contribution in [0.2, 0.25) is 0 Å². The van der Waals surface area contributed by atoms with Gasteiger partial charge in [-0.15, -0.1) is 0 Å². The molecule has 0 bridgehead atoms. The molecule has 2 N–H and O–H groups in total. The fourth-order valence-corrected chi connectivity index (χ4v) is 1.89. The topological polar surface area (TPSA) is 106 Å². The number of ether oxygens (including phenoxy) is 1. The van der Waals surface area contributed by atoms with E-state index in [1.165, 1.54) is 12.3 Å². The van der Waals surface area contributed by atoms with Gasteiger partial charge in [0.1, 0.15) is 18.3 Å². The number of nitrogens with one attached hydrogen (secondary N) is 1. The second-order valence-corrected chi connectivity index (χ2v) is 4.93. The lowest BCUT2D eigenvalue weighted by atomic mass is 10.2. The molecule has 124 valence electrons. The van der Waals surface area contributed by atoms with E-state index in [9.17, 15) is 14.4 Å². The summed E-state index contributed by atoms with van der Waals surface area (Å²) < 4.78 is 5.03. The first kappa shape index (κ1) is 17.1. The van der Waals surface area contributed by atoms with Gasteiger partial charge in [-0.3, -0.25) is 14.6 Å². The lowest BCUT2D eigenvalue weighted by molar-refractivity contribution is -0.150. The number of carbonyl (C=O) groups excluding carboxylic acids is 2. The van der Waals surface area contributed by atoms with Crippen LogP contribution in [0.4, 0.5) is 0 Å². The van der Waals surface area contributed by atoms with Crippen molar-refractivity contribution in [3.63, 3.8) is 0 Å². The van der Waals surface area contributed by atoms with Gasteiger partial charge in [0.05, 0.1) is 6.42 Å². The monoisotopic (exact) mass is 328 g/mol. The fourth-order valence-electron chi connectivity index (χ4n) is 1.89. The van der Waals surface area contributed by atoms with Crippen molar-refractivity contribution in [2.24, 2.45) is 0 Å². The minimum atomic E-state index is -1.39. The van der Waals surface area contributed by atoms with Crippen LogP contribution in [-0.2, 0) is 20.9 Å². The quantitative estimate of drug-likeness (QED) is 0.744. The zero-order valence-electron chi connectivity index (χ0n) is 12.7. The van der Waals surface area contributed by atoms with Gasteiger partial charge in [-0.25, -0.2) is 4.79 Å². The van der Waals surface area contributed by atoms with Crippen LogP contribution in [0.3, 0.4) is 0 Å². The third-order valence-corrected chi connectivity index (χ3v) is 3.11. The number of amides is 1. The van der Waals surface area contributed by atoms with E-state index in [1.807, 2.05) is 6.07 Å². The summed E-state index contributed by atoms with van der Waals surface area (Å²) in [5.74, 6) is -2.71. The molecule has 0 radical (unpaired) electrons. The third kappa shape index (κ3) is 5.20. The van der Waals surface area contributed by atoms with Crippen molar-refractivity contribution in [1.29, 1.82) is 0 Å². The van der Waals surface area contributed by atoms with E-state index in [0.29, 0.717) is 0 Å². The molecule has 0 fully saturated rings. The molecule has 0 saturated heterocycles. The molecule has 7 nitrogen and oxygen atoms in total. The Morgan fingerprint density at radius 2 is 1.79 bits per heavy atom. The van der Waals surface area contributed by atoms with Gasteiger partial charge in [-0.2, -0.15) is 0 Å². The summed E-state index contributed by atoms with van der Waals surface area (Å²) in [5.41, 5.74) is 0.858. The van der Waals surface area contributed by atoms with Gasteiger partial charge in [0.25, 0.3) is 5.91 Å². The number of carbonyl (C=O) groups is 3. The molecule has 0 aliphatic heterocycles. The highest BCUT2D eigenvalue weighted by Crippen LogP contribution is 2.04. The Hall–Kier alpha value is -3.22. The van der Waals surface area contributed by atoms with Crippen molar-refractivity contribution in [2.75, 3.05) is 0 Å². The smallest absolute Gasteiger partial charge is 0.326 e. The number of rotatable bonds is 7. The average molecular weight is 328 g/mol. The SMILES string of the molecule is O=C(C[C@@H](NC(=O)c1ccccn1)C(=O)O)OCc1ccccc1. The molecule has 0 unspecified atom stereocenters. The van der Waals surface area contributed by atoms with Crippen molar-refractivity contribution in [1.82, 2.24) is 10.3 Å². The molecule has 0 aliphatic carbocycles. The molecular weight excluding hydrogens is 312 g/mol. The number of nitrogens with zero attached hydrogens (tertiary/aromatic N) is 1. The first-order chi connectivity index (χ1) is 11.6. The largest absolute Gasteiger partial charge is 0.480 e. The molecule has 1 atom stereocenters. The minimum absolute atomic E-state index is 0.0419. The summed E-state index contributed by atoms with van der Waals surface area (Å²) in [7, 11) is 0. The van der Waals surface area contributed by atoms with Gasteiger partial charge >= 0.3 is 11.9 Å². The number of aromatic nitrogens is 1. The molecular formula is C17H16N2O5. The van der Waals surface area contributed by atoms with Crippen molar-refractivity contribution < 1.29 is 24.2 Å². The van der Waals surface area contributed by atoms with E-state index in [-0.39, 0.29) is 12.3 Å². The second kappa shape index (κ2) is 8.42. The van der Waals surface area contributed by atoms with E-state index < -0.39 is 30.3 Å². The maximum absolute atomic E-state index is 11.9. The minimum Gasteiger partial charge on any atom is -0.480 e. The number of aliphatic carboxylic acids is 1. The predicted molar refractivity (Wildman–Crippen MR) is 84.0 cm³/mol. The van der Waals surface area contributed by atoms with E-state index >= 15 is 0 Å². The number of benzene rings is 1. The van der Waals surface area contributed by atoms with E-state index in [1.54, 1.807) is 36.4 Å². The highest BCUT2D eigenvalue weighted by molar-refractivity contribution is 5.95. The zero-order chi connectivity index (χ0) is 17.4. The van der Waals surface area contributed by atoms with Crippen LogP contribution in [0.25, 0.3) is 0 Å². The first-order valence-corrected chi connectivity index (χ1v) is 7.20. The lowest BCUT2D eigenvalue weighted by Gasteiger charge is -2.13. The maximum Gasteiger partial charge on any atom is 0.326 e. The standard InChI is InChI=1S/C17H16N2O5/c20-15(24-11-12-6-2-1-3-7-12)10-14(17(22)23)19-16(21)13-8-4-5-9-18-13/h1-9,14H,10-11H2,(H,19,21)(H,22,23)/t14-/m1/s1. The molecule has 0 aliphatic rings. The van der Waals surface area contributed by atoms with Gasteiger partial charge < -0.3 is 15.2 Å². The number of carboxylic acid groups (broad SMARTS) is 1. The summed E-state index contributed by atoms with van der Waals surface area (Å²) in [4.78, 5) is 38.8. The van der Waals surface area contributed by atoms with Gasteiger partial charge in [0.15, 0.2) is 0 Å². The molecule has 1 aromatic heterocycles. The fraction of sp³-hybridized carbons (Fsp3) is 0.176. The highest BCUT2D eigenvalue weighted by Gasteiger charge is 2.25. The lowest BCUT2D eigenvalue weighted by Crippen LogP contribution is -2.42. The first-order valence-electron chi connectivity index (χ1n) is 7.20. The van der Waals surface area contributed by atoms with Crippen LogP contribution in [-0.4, -0.2) is 34.0 Å². The van der Waals surface area contributed by atoms with Crippen LogP contribution < -0.4 is 5.32 Å². The maximum atomic E-state index is 11.9. The highest BCUT2D eigenvalue weighted by atomic mass is 16.5. The van der Waals surface area contributed by atoms with Gasteiger partial charge in [-0.05, 0) is 17.7 Å². The van der Waals surface area contributed by atoms with E-state index in [2.05, 4.69) is 10.3 Å². The zero-order valence-corrected chi connectivity index (χ0v) is 12.7. The molecule has 1 amide bonds. The van der Waals surface area contributed by atoms with E-state index in [0.717, 1.165) is 5.56 Å². The Bertz CT molecular complexity index is 703. The van der Waals surface area contributed by atoms with Crippen LogP contribution in [0.5, 0.6) is 0 Å². The third-order valence-electron chi connectivity index (χ3n) is 3.11. The summed E-state index contributed by atoms with van der Waals surface area (Å²) >= 11 is 0. The average Bonchev–Trinajstić information content (AvgIpc) is 2.61. The van der Waals surface area contributed by atoms with Crippen LogP contribution in [0.15, 0.2) is 54.7 Å². The molecule has 1 heterocycles. The number of hydrogen-bond acceptors (Lipinski definition) is 5. The molecule has 2 rings (SSSR count). The molecule has 0 spiro atoms. The van der Waals surface area contributed by atoms with Crippen molar-refractivity contribution >= 4 is 17.8 Å². The number of carboxylic acids is 1. The second-order valence-electron chi connectivity index (χ2n) is 4.93. The van der Waals surface area contributed by atoms with Crippen molar-refractivity contribution in [3.05, 3.63) is 66.0 Å². The summed E-state index contributed by atoms with van der Waals surface area (Å²) in [6.45, 7) is 0.0419. The van der Waals surface area contributed by atoms with Crippen LogP contribution in [0, 0.1) is 0 Å². The van der Waals surface area contributed by atoms with Crippen molar-refractivity contribution in [3.8, 4) is 0 Å². The molecule has 1 aromatic carbocycles. The Morgan fingerprint density at radius 3 is 2.42 bits per heavy atom. The Balaban J connectivity index is 1.89. The van der Waals surface area contributed by atoms with Crippen LogP contribution in [0.1, 0.15) is 22.5 Å². The number of esters is 1. The Morgan fingerprint density at radius 1 is 1.08 bits per heavy atom. The summed E-state index contributed by atoms with van der Waals surface area (Å²) in [6.07, 6.45) is 0.944. The van der Waals surface area contributed by atoms with Gasteiger partial charge in [0, 0.05) is 6.20 Å². The molecule has 7 heteroatoms. The number of hydrogen-bond donors (Lipinski definition) is 2. The van der Waals surface area contributed by atoms with E-state index in [4.69, 9.17) is 9.84 Å². The molecule has 24 heavy (non-hydrogen) atoms. The number of pyridine rings is 1. The Labute approximate surface area is 138 Å². The van der Waals surface area contributed by atoms with Gasteiger partial charge in [-0.1, -0.05) is 36.4 Å². The normalized spacial score (nSPS) is 11.3. The summed E-state index contributed by atoms with van der Waals surface area (Å²) in [6, 6.07) is 12.3. The van der Waals surface area contributed by atoms with Gasteiger partial charge in [0.2, 0.25) is 0 Å². The van der Waals surface area contributed by atoms with Crippen molar-refractivity contribution in [2.45, 2.75) is 19.1 Å². The molecule has 2 aromatic rings.